The lowest BCUT2D eigenvalue weighted by molar-refractivity contribution is -0.143. The Bertz CT molecular complexity index is 215. The molecular formula is C11H22N2O2. The summed E-state index contributed by atoms with van der Waals surface area (Å²) in [6.07, 6.45) is 1.13. The molecule has 4 heteroatoms. The van der Waals surface area contributed by atoms with Gasteiger partial charge in [0, 0.05) is 18.6 Å². The molecule has 0 saturated carbocycles. The highest BCUT2D eigenvalue weighted by atomic mass is 16.4. The summed E-state index contributed by atoms with van der Waals surface area (Å²) in [5.74, 6) is -1.00. The zero-order valence-corrected chi connectivity index (χ0v) is 9.86. The van der Waals surface area contributed by atoms with Gasteiger partial charge in [0.25, 0.3) is 0 Å². The van der Waals surface area contributed by atoms with E-state index in [1.807, 2.05) is 6.92 Å². The number of nitrogens with one attached hydrogen (secondary N) is 1. The van der Waals surface area contributed by atoms with Crippen LogP contribution in [0.5, 0.6) is 0 Å². The quantitative estimate of drug-likeness (QED) is 0.710. The van der Waals surface area contributed by atoms with Crippen molar-refractivity contribution in [2.75, 3.05) is 19.6 Å². The average molecular weight is 214 g/mol. The summed E-state index contributed by atoms with van der Waals surface area (Å²) in [5.41, 5.74) is 0. The minimum atomic E-state index is -0.702. The molecule has 1 saturated heterocycles. The van der Waals surface area contributed by atoms with Crippen molar-refractivity contribution in [1.29, 1.82) is 0 Å². The molecule has 3 unspecified atom stereocenters. The van der Waals surface area contributed by atoms with Gasteiger partial charge in [-0.2, -0.15) is 0 Å². The van der Waals surface area contributed by atoms with Crippen LogP contribution in [0.2, 0.25) is 0 Å². The summed E-state index contributed by atoms with van der Waals surface area (Å²) in [7, 11) is 0. The lowest BCUT2D eigenvalue weighted by Crippen LogP contribution is -2.47. The Balaban J connectivity index is 2.60. The molecule has 1 fully saturated rings. The zero-order valence-electron chi connectivity index (χ0n) is 9.86. The van der Waals surface area contributed by atoms with Crippen LogP contribution in [0, 0.1) is 5.92 Å². The first-order chi connectivity index (χ1) is 7.07. The van der Waals surface area contributed by atoms with Crippen LogP contribution in [-0.4, -0.2) is 47.7 Å². The van der Waals surface area contributed by atoms with Gasteiger partial charge in [-0.25, -0.2) is 0 Å². The topological polar surface area (TPSA) is 52.6 Å². The van der Waals surface area contributed by atoms with Gasteiger partial charge in [0.2, 0.25) is 0 Å². The monoisotopic (exact) mass is 214 g/mol. The Labute approximate surface area is 91.6 Å². The van der Waals surface area contributed by atoms with Crippen LogP contribution >= 0.6 is 0 Å². The fraction of sp³-hybridized carbons (Fsp3) is 0.909. The van der Waals surface area contributed by atoms with E-state index in [0.717, 1.165) is 26.1 Å². The van der Waals surface area contributed by atoms with Crippen LogP contribution in [-0.2, 0) is 4.79 Å². The number of aliphatic carboxylic acids is 1. The van der Waals surface area contributed by atoms with Crippen LogP contribution in [0.25, 0.3) is 0 Å². The fourth-order valence-electron chi connectivity index (χ4n) is 2.29. The van der Waals surface area contributed by atoms with E-state index in [0.29, 0.717) is 6.04 Å². The smallest absolute Gasteiger partial charge is 0.307 e. The maximum absolute atomic E-state index is 10.9. The lowest BCUT2D eigenvalue weighted by Gasteiger charge is -2.35. The van der Waals surface area contributed by atoms with Crippen LogP contribution in [0.15, 0.2) is 0 Å². The predicted molar refractivity (Wildman–Crippen MR) is 59.9 cm³/mol. The van der Waals surface area contributed by atoms with Gasteiger partial charge >= 0.3 is 5.97 Å². The Hall–Kier alpha value is -0.610. The summed E-state index contributed by atoms with van der Waals surface area (Å²) >= 11 is 0. The standard InChI is InChI=1S/C11H22N2O2/c1-4-13(10-5-6-12-7-10)9(3)8(2)11(14)15/h8-10,12H,4-7H2,1-3H3,(H,14,15). The molecule has 0 radical (unpaired) electrons. The van der Waals surface area contributed by atoms with E-state index < -0.39 is 5.97 Å². The summed E-state index contributed by atoms with van der Waals surface area (Å²) in [6, 6.07) is 0.615. The van der Waals surface area contributed by atoms with E-state index in [1.54, 1.807) is 6.92 Å². The third-order valence-corrected chi connectivity index (χ3v) is 3.50. The molecule has 3 atom stereocenters. The van der Waals surface area contributed by atoms with Crippen molar-refractivity contribution in [1.82, 2.24) is 10.2 Å². The maximum atomic E-state index is 10.9. The molecule has 1 rings (SSSR count). The fourth-order valence-corrected chi connectivity index (χ4v) is 2.29. The second kappa shape index (κ2) is 5.47. The van der Waals surface area contributed by atoms with Gasteiger partial charge in [0.05, 0.1) is 5.92 Å². The highest BCUT2D eigenvalue weighted by Crippen LogP contribution is 2.17. The number of carboxylic acid groups (broad SMARTS) is 1. The lowest BCUT2D eigenvalue weighted by atomic mass is 10.00. The van der Waals surface area contributed by atoms with Crippen molar-refractivity contribution in [2.45, 2.75) is 39.3 Å². The molecule has 1 aliphatic rings. The van der Waals surface area contributed by atoms with Gasteiger partial charge < -0.3 is 10.4 Å². The molecule has 0 spiro atoms. The number of hydrogen-bond acceptors (Lipinski definition) is 3. The number of carbonyl (C=O) groups is 1. The number of rotatable bonds is 5. The summed E-state index contributed by atoms with van der Waals surface area (Å²) in [5, 5.41) is 12.3. The molecule has 1 aliphatic heterocycles. The van der Waals surface area contributed by atoms with Crippen molar-refractivity contribution in [3.05, 3.63) is 0 Å². The summed E-state index contributed by atoms with van der Waals surface area (Å²) < 4.78 is 0. The van der Waals surface area contributed by atoms with E-state index in [1.165, 1.54) is 0 Å². The largest absolute Gasteiger partial charge is 0.481 e. The SMILES string of the molecule is CCN(C1CCNC1)C(C)C(C)C(=O)O. The predicted octanol–water partition coefficient (Wildman–Crippen LogP) is 0.779. The molecule has 0 bridgehead atoms. The first-order valence-corrected chi connectivity index (χ1v) is 5.77. The minimum absolute atomic E-state index is 0.109. The molecule has 0 amide bonds. The number of nitrogens with zero attached hydrogens (tertiary/aromatic N) is 1. The van der Waals surface area contributed by atoms with Gasteiger partial charge in [-0.15, -0.1) is 0 Å². The Morgan fingerprint density at radius 2 is 2.27 bits per heavy atom. The van der Waals surface area contributed by atoms with Crippen LogP contribution < -0.4 is 5.32 Å². The van der Waals surface area contributed by atoms with Gasteiger partial charge in [0.15, 0.2) is 0 Å². The van der Waals surface area contributed by atoms with Crippen molar-refractivity contribution >= 4 is 5.97 Å². The molecule has 15 heavy (non-hydrogen) atoms. The molecule has 2 N–H and O–H groups in total. The molecule has 0 aromatic carbocycles. The van der Waals surface area contributed by atoms with E-state index in [4.69, 9.17) is 5.11 Å². The highest BCUT2D eigenvalue weighted by Gasteiger charge is 2.30. The average Bonchev–Trinajstić information content (AvgIpc) is 2.70. The molecule has 0 aliphatic carbocycles. The van der Waals surface area contributed by atoms with Crippen molar-refractivity contribution < 1.29 is 9.90 Å². The van der Waals surface area contributed by atoms with E-state index in [2.05, 4.69) is 17.1 Å². The highest BCUT2D eigenvalue weighted by molar-refractivity contribution is 5.70. The molecule has 1 heterocycles. The van der Waals surface area contributed by atoms with Crippen molar-refractivity contribution in [3.63, 3.8) is 0 Å². The van der Waals surface area contributed by atoms with Crippen molar-refractivity contribution in [2.24, 2.45) is 5.92 Å². The first kappa shape index (κ1) is 12.5. The van der Waals surface area contributed by atoms with Gasteiger partial charge in [-0.3, -0.25) is 9.69 Å². The molecular weight excluding hydrogens is 192 g/mol. The van der Waals surface area contributed by atoms with E-state index >= 15 is 0 Å². The van der Waals surface area contributed by atoms with Gasteiger partial charge in [-0.05, 0) is 26.4 Å². The van der Waals surface area contributed by atoms with Crippen molar-refractivity contribution in [3.8, 4) is 0 Å². The third kappa shape index (κ3) is 2.92. The summed E-state index contributed by atoms with van der Waals surface area (Å²) in [6.45, 7) is 8.87. The normalized spacial score (nSPS) is 25.5. The van der Waals surface area contributed by atoms with Crippen LogP contribution in [0.1, 0.15) is 27.2 Å². The summed E-state index contributed by atoms with van der Waals surface area (Å²) in [4.78, 5) is 13.2. The second-order valence-electron chi connectivity index (χ2n) is 4.34. The zero-order chi connectivity index (χ0) is 11.4. The van der Waals surface area contributed by atoms with Crippen LogP contribution in [0.4, 0.5) is 0 Å². The van der Waals surface area contributed by atoms with Crippen LogP contribution in [0.3, 0.4) is 0 Å². The molecule has 88 valence electrons. The molecule has 4 nitrogen and oxygen atoms in total. The Morgan fingerprint density at radius 3 is 2.67 bits per heavy atom. The molecule has 0 aromatic heterocycles. The van der Waals surface area contributed by atoms with Gasteiger partial charge in [0.1, 0.15) is 0 Å². The second-order valence-corrected chi connectivity index (χ2v) is 4.34. The maximum Gasteiger partial charge on any atom is 0.307 e. The minimum Gasteiger partial charge on any atom is -0.481 e. The Morgan fingerprint density at radius 1 is 1.60 bits per heavy atom. The Kier molecular flexibility index (Phi) is 4.54. The van der Waals surface area contributed by atoms with Gasteiger partial charge in [-0.1, -0.05) is 13.8 Å². The van der Waals surface area contributed by atoms with E-state index in [9.17, 15) is 4.79 Å². The number of likely N-dealkylation sites (N-methyl/N-ethyl adjacent to an activating group) is 1. The number of carboxylic acids is 1. The molecule has 0 aromatic rings. The van der Waals surface area contributed by atoms with E-state index in [-0.39, 0.29) is 12.0 Å². The first-order valence-electron chi connectivity index (χ1n) is 5.77. The third-order valence-electron chi connectivity index (χ3n) is 3.50. The number of hydrogen-bond donors (Lipinski definition) is 2.